The minimum atomic E-state index is -0.635. The Morgan fingerprint density at radius 2 is 1.77 bits per heavy atom. The third-order valence-corrected chi connectivity index (χ3v) is 8.60. The molecule has 0 bridgehead atoms. The summed E-state index contributed by atoms with van der Waals surface area (Å²) in [5, 5.41) is 0. The second-order valence-electron chi connectivity index (χ2n) is 9.93. The van der Waals surface area contributed by atoms with Crippen LogP contribution in [0.2, 0.25) is 0 Å². The molecule has 2 aromatic carbocycles. The van der Waals surface area contributed by atoms with Gasteiger partial charge in [-0.3, -0.25) is 9.36 Å². The maximum absolute atomic E-state index is 14.0. The van der Waals surface area contributed by atoms with E-state index in [1.54, 1.807) is 18.4 Å². The van der Waals surface area contributed by atoms with Gasteiger partial charge in [-0.25, -0.2) is 9.79 Å². The van der Waals surface area contributed by atoms with Crippen LogP contribution in [0.5, 0.6) is 0 Å². The molecule has 1 atom stereocenters. The van der Waals surface area contributed by atoms with Crippen molar-refractivity contribution in [3.8, 4) is 5.69 Å². The van der Waals surface area contributed by atoms with Gasteiger partial charge in [-0.05, 0) is 87.4 Å². The van der Waals surface area contributed by atoms with Crippen LogP contribution < -0.4 is 19.8 Å². The number of benzene rings is 2. The van der Waals surface area contributed by atoms with Crippen molar-refractivity contribution < 1.29 is 9.53 Å². The van der Waals surface area contributed by atoms with Crippen molar-refractivity contribution in [3.05, 3.63) is 113 Å². The van der Waals surface area contributed by atoms with Crippen molar-refractivity contribution in [2.24, 2.45) is 4.99 Å². The van der Waals surface area contributed by atoms with Gasteiger partial charge < -0.3 is 14.2 Å². The molecule has 0 saturated heterocycles. The zero-order valence-electron chi connectivity index (χ0n) is 23.4. The molecular formula is C31H31BrN4O3S. The lowest BCUT2D eigenvalue weighted by Crippen LogP contribution is -2.40. The van der Waals surface area contributed by atoms with Gasteiger partial charge in [-0.15, -0.1) is 0 Å². The van der Waals surface area contributed by atoms with Crippen LogP contribution in [0, 0.1) is 13.8 Å². The third-order valence-electron chi connectivity index (χ3n) is 7.08. The Morgan fingerprint density at radius 3 is 2.40 bits per heavy atom. The Balaban J connectivity index is 1.67. The molecule has 0 aliphatic carbocycles. The largest absolute Gasteiger partial charge is 0.463 e. The topological polar surface area (TPSA) is 68.8 Å². The van der Waals surface area contributed by atoms with E-state index in [1.807, 2.05) is 61.5 Å². The molecule has 1 unspecified atom stereocenters. The number of thiazole rings is 1. The van der Waals surface area contributed by atoms with E-state index < -0.39 is 12.0 Å². The number of fused-ring (bicyclic) bond motifs is 1. The van der Waals surface area contributed by atoms with E-state index in [1.165, 1.54) is 11.3 Å². The Kier molecular flexibility index (Phi) is 7.70. The number of aryl methyl sites for hydroxylation is 1. The molecule has 1 aliphatic rings. The molecule has 1 aliphatic heterocycles. The fourth-order valence-electron chi connectivity index (χ4n) is 5.12. The number of allylic oxidation sites excluding steroid dienone is 1. The number of esters is 1. The highest BCUT2D eigenvalue weighted by Crippen LogP contribution is 2.31. The van der Waals surface area contributed by atoms with Crippen LogP contribution in [-0.2, 0) is 9.53 Å². The molecule has 0 radical (unpaired) electrons. The first-order valence-corrected chi connectivity index (χ1v) is 14.6. The molecule has 9 heteroatoms. The van der Waals surface area contributed by atoms with E-state index in [9.17, 15) is 9.59 Å². The van der Waals surface area contributed by atoms with Crippen LogP contribution in [0.25, 0.3) is 11.8 Å². The van der Waals surface area contributed by atoms with Crippen LogP contribution in [0.15, 0.2) is 80.1 Å². The second-order valence-corrected chi connectivity index (χ2v) is 11.9. The van der Waals surface area contributed by atoms with Gasteiger partial charge >= 0.3 is 5.97 Å². The fraction of sp³-hybridized carbons (Fsp3) is 0.258. The molecular weight excluding hydrogens is 588 g/mol. The Morgan fingerprint density at radius 1 is 1.10 bits per heavy atom. The second kappa shape index (κ2) is 11.1. The van der Waals surface area contributed by atoms with E-state index in [2.05, 4.69) is 52.5 Å². The van der Waals surface area contributed by atoms with Gasteiger partial charge in [0.2, 0.25) is 0 Å². The normalized spacial score (nSPS) is 15.2. The summed E-state index contributed by atoms with van der Waals surface area (Å²) in [5.41, 5.74) is 6.71. The number of hydrogen-bond acceptors (Lipinski definition) is 6. The van der Waals surface area contributed by atoms with Crippen LogP contribution in [0.3, 0.4) is 0 Å². The molecule has 4 aromatic rings. The highest BCUT2D eigenvalue weighted by molar-refractivity contribution is 9.10. The lowest BCUT2D eigenvalue weighted by molar-refractivity contribution is -0.139. The summed E-state index contributed by atoms with van der Waals surface area (Å²) in [6.07, 6.45) is 1.93. The predicted octanol–water partition coefficient (Wildman–Crippen LogP) is 5.03. The predicted molar refractivity (Wildman–Crippen MR) is 164 cm³/mol. The van der Waals surface area contributed by atoms with Crippen molar-refractivity contribution >= 4 is 45.0 Å². The van der Waals surface area contributed by atoms with Crippen molar-refractivity contribution in [3.63, 3.8) is 0 Å². The maximum atomic E-state index is 14.0. The lowest BCUT2D eigenvalue weighted by atomic mass is 9.95. The zero-order valence-corrected chi connectivity index (χ0v) is 25.8. The van der Waals surface area contributed by atoms with E-state index in [-0.39, 0.29) is 12.2 Å². The molecule has 2 aromatic heterocycles. The highest BCUT2D eigenvalue weighted by atomic mass is 79.9. The number of nitrogens with zero attached hydrogens (tertiary/aromatic N) is 4. The number of carbonyl (C=O) groups is 1. The average molecular weight is 620 g/mol. The van der Waals surface area contributed by atoms with Gasteiger partial charge in [0, 0.05) is 41.3 Å². The number of carbonyl (C=O) groups excluding carboxylic acids is 1. The summed E-state index contributed by atoms with van der Waals surface area (Å²) in [4.78, 5) is 34.4. The molecule has 7 nitrogen and oxygen atoms in total. The molecule has 0 fully saturated rings. The number of anilines is 1. The molecule has 0 N–H and O–H groups in total. The SMILES string of the molecule is CCOC(=O)C1=C(C)N=c2s/c(=C\c3cc(C)n(-c4ccc(Br)cc4)c3C)c(=O)n2C1c1ccc(N(C)C)cc1. The van der Waals surface area contributed by atoms with E-state index in [4.69, 9.17) is 9.73 Å². The summed E-state index contributed by atoms with van der Waals surface area (Å²) >= 11 is 4.84. The Hall–Kier alpha value is -3.69. The third kappa shape index (κ3) is 4.99. The summed E-state index contributed by atoms with van der Waals surface area (Å²) < 4.78 is 10.8. The van der Waals surface area contributed by atoms with Gasteiger partial charge in [-0.1, -0.05) is 39.4 Å². The van der Waals surface area contributed by atoms with Crippen molar-refractivity contribution in [1.29, 1.82) is 0 Å². The van der Waals surface area contributed by atoms with Gasteiger partial charge in [-0.2, -0.15) is 0 Å². The summed E-state index contributed by atoms with van der Waals surface area (Å²) in [6.45, 7) is 7.92. The Labute approximate surface area is 245 Å². The fourth-order valence-corrected chi connectivity index (χ4v) is 6.43. The number of rotatable bonds is 6. The highest BCUT2D eigenvalue weighted by Gasteiger charge is 2.33. The molecule has 0 saturated carbocycles. The first-order chi connectivity index (χ1) is 19.1. The van der Waals surface area contributed by atoms with E-state index >= 15 is 0 Å². The Bertz CT molecular complexity index is 1810. The van der Waals surface area contributed by atoms with Gasteiger partial charge in [0.15, 0.2) is 4.80 Å². The smallest absolute Gasteiger partial charge is 0.338 e. The number of hydrogen-bond donors (Lipinski definition) is 0. The molecule has 3 heterocycles. The molecule has 206 valence electrons. The lowest BCUT2D eigenvalue weighted by Gasteiger charge is -2.25. The summed E-state index contributed by atoms with van der Waals surface area (Å²) in [7, 11) is 3.94. The van der Waals surface area contributed by atoms with Crippen LogP contribution >= 0.6 is 27.3 Å². The molecule has 0 amide bonds. The monoisotopic (exact) mass is 618 g/mol. The van der Waals surface area contributed by atoms with Crippen LogP contribution in [-0.4, -0.2) is 35.8 Å². The van der Waals surface area contributed by atoms with E-state index in [0.29, 0.717) is 20.6 Å². The molecule has 5 rings (SSSR count). The van der Waals surface area contributed by atoms with Gasteiger partial charge in [0.05, 0.1) is 28.5 Å². The summed E-state index contributed by atoms with van der Waals surface area (Å²) in [5.74, 6) is -0.460. The average Bonchev–Trinajstić information content (AvgIpc) is 3.38. The first kappa shape index (κ1) is 27.9. The van der Waals surface area contributed by atoms with Gasteiger partial charge in [0.1, 0.15) is 0 Å². The van der Waals surface area contributed by atoms with Crippen LogP contribution in [0.1, 0.15) is 42.4 Å². The number of halogens is 1. The van der Waals surface area contributed by atoms with E-state index in [0.717, 1.165) is 38.4 Å². The quantitative estimate of drug-likeness (QED) is 0.284. The number of aromatic nitrogens is 2. The van der Waals surface area contributed by atoms with Crippen molar-refractivity contribution in [1.82, 2.24) is 9.13 Å². The minimum absolute atomic E-state index is 0.187. The molecule has 40 heavy (non-hydrogen) atoms. The van der Waals surface area contributed by atoms with Crippen molar-refractivity contribution in [2.75, 3.05) is 25.6 Å². The number of ether oxygens (including phenoxy) is 1. The summed E-state index contributed by atoms with van der Waals surface area (Å²) in [6, 6.07) is 17.5. The first-order valence-electron chi connectivity index (χ1n) is 13.0. The maximum Gasteiger partial charge on any atom is 0.338 e. The van der Waals surface area contributed by atoms with Crippen molar-refractivity contribution in [2.45, 2.75) is 33.7 Å². The van der Waals surface area contributed by atoms with Gasteiger partial charge in [0.25, 0.3) is 5.56 Å². The zero-order chi connectivity index (χ0) is 28.7. The minimum Gasteiger partial charge on any atom is -0.463 e. The van der Waals surface area contributed by atoms with Crippen LogP contribution in [0.4, 0.5) is 5.69 Å². The molecule has 0 spiro atoms. The standard InChI is InChI=1S/C31H31BrN4O3S/c1-7-39-30(38)27-19(3)33-31-36(28(27)21-8-12-24(13-9-21)34(5)6)29(37)26(40-31)17-22-16-18(2)35(20(22)4)25-14-10-23(32)11-15-25/h8-17,28H,7H2,1-6H3/b26-17-.